The zero-order valence-corrected chi connectivity index (χ0v) is 14.4. The van der Waals surface area contributed by atoms with Crippen LogP contribution in [0.5, 0.6) is 0 Å². The number of aromatic nitrogens is 3. The SMILES string of the molecule is C[C@H](NC(=O)Cn1ncn([C@H]2CCOC2)c1=O)c1ccc(Cl)c(F)c1. The van der Waals surface area contributed by atoms with Crippen molar-refractivity contribution in [3.63, 3.8) is 0 Å². The smallest absolute Gasteiger partial charge is 0.346 e. The summed E-state index contributed by atoms with van der Waals surface area (Å²) in [5.74, 6) is -0.938. The van der Waals surface area contributed by atoms with Gasteiger partial charge in [-0.15, -0.1) is 0 Å². The van der Waals surface area contributed by atoms with Gasteiger partial charge in [-0.25, -0.2) is 13.9 Å². The molecule has 134 valence electrons. The minimum atomic E-state index is -0.547. The summed E-state index contributed by atoms with van der Waals surface area (Å²) in [5.41, 5.74) is 0.229. The molecule has 1 aromatic carbocycles. The number of rotatable bonds is 5. The summed E-state index contributed by atoms with van der Waals surface area (Å²) in [6.45, 7) is 2.59. The van der Waals surface area contributed by atoms with E-state index in [9.17, 15) is 14.0 Å². The molecule has 1 N–H and O–H groups in total. The van der Waals surface area contributed by atoms with E-state index in [0.29, 0.717) is 18.8 Å². The minimum absolute atomic E-state index is 0.0234. The van der Waals surface area contributed by atoms with Crippen LogP contribution in [-0.2, 0) is 16.1 Å². The number of hydrogen-bond acceptors (Lipinski definition) is 4. The highest BCUT2D eigenvalue weighted by Gasteiger charge is 2.21. The first-order chi connectivity index (χ1) is 12.0. The number of carbonyl (C=O) groups is 1. The van der Waals surface area contributed by atoms with Crippen LogP contribution in [-0.4, -0.2) is 33.5 Å². The molecule has 2 atom stereocenters. The van der Waals surface area contributed by atoms with Gasteiger partial charge in [-0.2, -0.15) is 5.10 Å². The van der Waals surface area contributed by atoms with E-state index in [1.165, 1.54) is 23.0 Å². The number of nitrogens with one attached hydrogen (secondary N) is 1. The standard InChI is InChI=1S/C16H18ClFN4O3/c1-10(11-2-3-13(17)14(18)6-11)20-15(23)7-22-16(24)21(9-19-22)12-4-5-25-8-12/h2-3,6,9-10,12H,4-5,7-8H2,1H3,(H,20,23)/t10-,12-/m0/s1. The fraction of sp³-hybridized carbons (Fsp3) is 0.438. The Hall–Kier alpha value is -2.19. The minimum Gasteiger partial charge on any atom is -0.379 e. The summed E-state index contributed by atoms with van der Waals surface area (Å²) >= 11 is 5.65. The van der Waals surface area contributed by atoms with Gasteiger partial charge in [-0.1, -0.05) is 17.7 Å². The van der Waals surface area contributed by atoms with Crippen LogP contribution in [0.4, 0.5) is 4.39 Å². The number of halogens is 2. The van der Waals surface area contributed by atoms with Gasteiger partial charge in [0.15, 0.2) is 0 Å². The highest BCUT2D eigenvalue weighted by Crippen LogP contribution is 2.20. The average molecular weight is 369 g/mol. The summed E-state index contributed by atoms with van der Waals surface area (Å²) in [6.07, 6.45) is 2.17. The highest BCUT2D eigenvalue weighted by atomic mass is 35.5. The summed E-state index contributed by atoms with van der Waals surface area (Å²) in [7, 11) is 0. The topological polar surface area (TPSA) is 78.2 Å². The van der Waals surface area contributed by atoms with E-state index in [-0.39, 0.29) is 23.3 Å². The monoisotopic (exact) mass is 368 g/mol. The van der Waals surface area contributed by atoms with Crippen LogP contribution in [0.2, 0.25) is 5.02 Å². The molecule has 1 amide bonds. The molecule has 25 heavy (non-hydrogen) atoms. The van der Waals surface area contributed by atoms with Gasteiger partial charge in [-0.3, -0.25) is 9.36 Å². The zero-order chi connectivity index (χ0) is 18.0. The fourth-order valence-corrected chi connectivity index (χ4v) is 2.86. The van der Waals surface area contributed by atoms with Gasteiger partial charge in [0, 0.05) is 6.61 Å². The Kier molecular flexibility index (Phi) is 5.19. The molecule has 9 heteroatoms. The Morgan fingerprint density at radius 3 is 3.04 bits per heavy atom. The third kappa shape index (κ3) is 3.91. The van der Waals surface area contributed by atoms with Crippen molar-refractivity contribution < 1.29 is 13.9 Å². The van der Waals surface area contributed by atoms with Gasteiger partial charge in [0.2, 0.25) is 5.91 Å². The lowest BCUT2D eigenvalue weighted by atomic mass is 10.1. The first-order valence-corrected chi connectivity index (χ1v) is 8.29. The molecule has 7 nitrogen and oxygen atoms in total. The van der Waals surface area contributed by atoms with Crippen molar-refractivity contribution in [1.82, 2.24) is 19.7 Å². The molecule has 0 aliphatic carbocycles. The predicted molar refractivity (Wildman–Crippen MR) is 88.9 cm³/mol. The lowest BCUT2D eigenvalue weighted by Gasteiger charge is -2.14. The number of hydrogen-bond donors (Lipinski definition) is 1. The summed E-state index contributed by atoms with van der Waals surface area (Å²) < 4.78 is 21.4. The fourth-order valence-electron chi connectivity index (χ4n) is 2.74. The second-order valence-corrected chi connectivity index (χ2v) is 6.37. The van der Waals surface area contributed by atoms with Gasteiger partial charge >= 0.3 is 5.69 Å². The van der Waals surface area contributed by atoms with E-state index < -0.39 is 17.8 Å². The van der Waals surface area contributed by atoms with Crippen LogP contribution in [0, 0.1) is 5.82 Å². The Morgan fingerprint density at radius 2 is 2.36 bits per heavy atom. The Bertz CT molecular complexity index is 829. The lowest BCUT2D eigenvalue weighted by molar-refractivity contribution is -0.122. The van der Waals surface area contributed by atoms with Crippen molar-refractivity contribution in [2.45, 2.75) is 32.0 Å². The van der Waals surface area contributed by atoms with Crippen molar-refractivity contribution in [2.24, 2.45) is 0 Å². The largest absolute Gasteiger partial charge is 0.379 e. The third-order valence-electron chi connectivity index (χ3n) is 4.17. The third-order valence-corrected chi connectivity index (χ3v) is 4.48. The van der Waals surface area contributed by atoms with E-state index in [1.807, 2.05) is 0 Å². The van der Waals surface area contributed by atoms with Gasteiger partial charge in [0.1, 0.15) is 18.7 Å². The molecule has 2 heterocycles. The van der Waals surface area contributed by atoms with E-state index in [1.54, 1.807) is 13.0 Å². The van der Waals surface area contributed by atoms with Crippen molar-refractivity contribution >= 4 is 17.5 Å². The van der Waals surface area contributed by atoms with Crippen molar-refractivity contribution in [3.05, 3.63) is 51.4 Å². The average Bonchev–Trinajstić information content (AvgIpc) is 3.20. The maximum atomic E-state index is 13.5. The Labute approximate surface area is 148 Å². The molecule has 0 radical (unpaired) electrons. The molecule has 2 aromatic rings. The number of amides is 1. The number of carbonyl (C=O) groups excluding carboxylic acids is 1. The van der Waals surface area contributed by atoms with E-state index in [0.717, 1.165) is 11.1 Å². The van der Waals surface area contributed by atoms with Gasteiger partial charge in [0.05, 0.1) is 23.7 Å². The molecule has 1 aliphatic heterocycles. The molecular weight excluding hydrogens is 351 g/mol. The number of benzene rings is 1. The number of ether oxygens (including phenoxy) is 1. The lowest BCUT2D eigenvalue weighted by Crippen LogP contribution is -2.35. The molecule has 0 bridgehead atoms. The second-order valence-electron chi connectivity index (χ2n) is 5.96. The molecular formula is C16H18ClFN4O3. The van der Waals surface area contributed by atoms with Gasteiger partial charge in [-0.05, 0) is 31.0 Å². The molecule has 3 rings (SSSR count). The Balaban J connectivity index is 1.64. The van der Waals surface area contributed by atoms with E-state index in [4.69, 9.17) is 16.3 Å². The summed E-state index contributed by atoms with van der Waals surface area (Å²) in [5, 5.41) is 6.72. The molecule has 1 fully saturated rings. The van der Waals surface area contributed by atoms with Crippen molar-refractivity contribution in [2.75, 3.05) is 13.2 Å². The Morgan fingerprint density at radius 1 is 1.56 bits per heavy atom. The van der Waals surface area contributed by atoms with Crippen molar-refractivity contribution in [1.29, 1.82) is 0 Å². The van der Waals surface area contributed by atoms with Crippen LogP contribution in [0.1, 0.15) is 31.0 Å². The highest BCUT2D eigenvalue weighted by molar-refractivity contribution is 6.30. The van der Waals surface area contributed by atoms with Gasteiger partial charge < -0.3 is 10.1 Å². The first kappa shape index (κ1) is 17.6. The summed E-state index contributed by atoms with van der Waals surface area (Å²) in [6, 6.07) is 3.87. The van der Waals surface area contributed by atoms with Crippen molar-refractivity contribution in [3.8, 4) is 0 Å². The normalized spacial score (nSPS) is 18.3. The molecule has 1 aromatic heterocycles. The zero-order valence-electron chi connectivity index (χ0n) is 13.6. The van der Waals surface area contributed by atoms with E-state index in [2.05, 4.69) is 10.4 Å². The quantitative estimate of drug-likeness (QED) is 0.871. The second kappa shape index (κ2) is 7.37. The maximum absolute atomic E-state index is 13.5. The van der Waals surface area contributed by atoms with Crippen LogP contribution in [0.15, 0.2) is 29.3 Å². The van der Waals surface area contributed by atoms with Crippen LogP contribution >= 0.6 is 11.6 Å². The number of nitrogens with zero attached hydrogens (tertiary/aromatic N) is 3. The van der Waals surface area contributed by atoms with E-state index >= 15 is 0 Å². The van der Waals surface area contributed by atoms with Gasteiger partial charge in [0.25, 0.3) is 0 Å². The molecule has 0 saturated carbocycles. The predicted octanol–water partition coefficient (Wildman–Crippen LogP) is 1.68. The molecule has 0 unspecified atom stereocenters. The van der Waals surface area contributed by atoms with Crippen LogP contribution < -0.4 is 11.0 Å². The maximum Gasteiger partial charge on any atom is 0.346 e. The first-order valence-electron chi connectivity index (χ1n) is 7.91. The molecule has 1 saturated heterocycles. The molecule has 0 spiro atoms. The van der Waals surface area contributed by atoms with Crippen LogP contribution in [0.25, 0.3) is 0 Å². The van der Waals surface area contributed by atoms with Crippen LogP contribution in [0.3, 0.4) is 0 Å². The molecule has 1 aliphatic rings. The summed E-state index contributed by atoms with van der Waals surface area (Å²) in [4.78, 5) is 24.5.